The van der Waals surface area contributed by atoms with Gasteiger partial charge in [-0.1, -0.05) is 30.3 Å². The van der Waals surface area contributed by atoms with Crippen LogP contribution in [0.1, 0.15) is 17.2 Å². The Morgan fingerprint density at radius 3 is 2.71 bits per heavy atom. The van der Waals surface area contributed by atoms with Gasteiger partial charge in [-0.3, -0.25) is 9.48 Å². The zero-order valence-corrected chi connectivity index (χ0v) is 11.9. The summed E-state index contributed by atoms with van der Waals surface area (Å²) in [5, 5.41) is 16.2. The molecule has 0 saturated heterocycles. The monoisotopic (exact) mass is 288 g/mol. The lowest BCUT2D eigenvalue weighted by atomic mass is 10.1. The molecule has 0 radical (unpaired) electrons. The second-order valence-electron chi connectivity index (χ2n) is 5.00. The van der Waals surface area contributed by atoms with E-state index in [0.717, 1.165) is 5.56 Å². The number of aliphatic hydroxyl groups excluding tert-OH is 1. The van der Waals surface area contributed by atoms with E-state index in [1.54, 1.807) is 24.1 Å². The van der Waals surface area contributed by atoms with E-state index in [4.69, 9.17) is 5.73 Å². The first kappa shape index (κ1) is 15.2. The number of aryl methyl sites for hydroxylation is 1. The fraction of sp³-hybridized carbons (Fsp3) is 0.333. The van der Waals surface area contributed by atoms with Gasteiger partial charge in [0.15, 0.2) is 0 Å². The predicted octanol–water partition coefficient (Wildman–Crippen LogP) is 0.140. The number of carbonyl (C=O) groups excluding carboxylic acids is 1. The van der Waals surface area contributed by atoms with E-state index in [0.29, 0.717) is 12.0 Å². The Kier molecular flexibility index (Phi) is 5.08. The summed E-state index contributed by atoms with van der Waals surface area (Å²) in [6, 6.07) is 8.53. The van der Waals surface area contributed by atoms with Gasteiger partial charge >= 0.3 is 0 Å². The predicted molar refractivity (Wildman–Crippen MR) is 79.3 cm³/mol. The average Bonchev–Trinajstić information content (AvgIpc) is 2.93. The summed E-state index contributed by atoms with van der Waals surface area (Å²) in [7, 11) is 1.76. The van der Waals surface area contributed by atoms with E-state index in [-0.39, 0.29) is 18.6 Å². The topological polar surface area (TPSA) is 93.2 Å². The molecule has 0 aliphatic rings. The Balaban J connectivity index is 1.96. The van der Waals surface area contributed by atoms with Gasteiger partial charge in [-0.15, -0.1) is 0 Å². The normalized spacial score (nSPS) is 13.7. The number of nitrogens with one attached hydrogen (secondary N) is 1. The van der Waals surface area contributed by atoms with Crippen molar-refractivity contribution in [1.29, 1.82) is 0 Å². The van der Waals surface area contributed by atoms with E-state index in [1.165, 1.54) is 0 Å². The zero-order chi connectivity index (χ0) is 15.2. The molecule has 4 N–H and O–H groups in total. The first-order valence-corrected chi connectivity index (χ1v) is 6.79. The van der Waals surface area contributed by atoms with Gasteiger partial charge in [0, 0.05) is 18.8 Å². The van der Waals surface area contributed by atoms with Crippen molar-refractivity contribution in [3.05, 3.63) is 53.9 Å². The lowest BCUT2D eigenvalue weighted by Crippen LogP contribution is -2.43. The highest BCUT2D eigenvalue weighted by molar-refractivity contribution is 5.83. The smallest absolute Gasteiger partial charge is 0.241 e. The third kappa shape index (κ3) is 4.14. The number of carbonyl (C=O) groups is 1. The van der Waals surface area contributed by atoms with E-state index in [2.05, 4.69) is 10.4 Å². The second kappa shape index (κ2) is 7.01. The highest BCUT2D eigenvalue weighted by Crippen LogP contribution is 2.10. The van der Waals surface area contributed by atoms with Crippen LogP contribution >= 0.6 is 0 Å². The van der Waals surface area contributed by atoms with Gasteiger partial charge in [0.2, 0.25) is 5.91 Å². The van der Waals surface area contributed by atoms with E-state index in [1.807, 2.05) is 30.3 Å². The van der Waals surface area contributed by atoms with Crippen LogP contribution in [-0.2, 0) is 18.3 Å². The zero-order valence-electron chi connectivity index (χ0n) is 11.9. The summed E-state index contributed by atoms with van der Waals surface area (Å²) in [6.45, 7) is -0.138. The molecule has 1 aromatic heterocycles. The SMILES string of the molecule is Cn1cc(C(N)C(=O)N[C@H](CO)Cc2ccccc2)cn1. The summed E-state index contributed by atoms with van der Waals surface area (Å²) in [5.41, 5.74) is 7.59. The summed E-state index contributed by atoms with van der Waals surface area (Å²) in [6.07, 6.45) is 3.83. The highest BCUT2D eigenvalue weighted by atomic mass is 16.3. The number of nitrogens with two attached hydrogens (primary N) is 1. The number of benzene rings is 1. The van der Waals surface area contributed by atoms with Crippen LogP contribution in [0.15, 0.2) is 42.7 Å². The molecule has 6 heteroatoms. The molecule has 1 heterocycles. The summed E-state index contributed by atoms with van der Waals surface area (Å²) in [4.78, 5) is 12.1. The van der Waals surface area contributed by atoms with Crippen molar-refractivity contribution in [3.8, 4) is 0 Å². The van der Waals surface area contributed by atoms with Gasteiger partial charge in [0.1, 0.15) is 6.04 Å². The van der Waals surface area contributed by atoms with Crippen molar-refractivity contribution in [1.82, 2.24) is 15.1 Å². The maximum absolute atomic E-state index is 12.1. The number of rotatable bonds is 6. The lowest BCUT2D eigenvalue weighted by Gasteiger charge is -2.19. The van der Waals surface area contributed by atoms with Crippen LogP contribution in [0.3, 0.4) is 0 Å². The standard InChI is InChI=1S/C15H20N4O2/c1-19-9-12(8-17-19)14(16)15(21)18-13(10-20)7-11-5-3-2-4-6-11/h2-6,8-9,13-14,20H,7,10,16H2,1H3,(H,18,21)/t13-,14?/m0/s1. The molecule has 6 nitrogen and oxygen atoms in total. The molecular weight excluding hydrogens is 268 g/mol. The minimum absolute atomic E-state index is 0.138. The second-order valence-corrected chi connectivity index (χ2v) is 5.00. The molecule has 2 rings (SSSR count). The molecule has 0 aliphatic carbocycles. The molecule has 0 aliphatic heterocycles. The maximum Gasteiger partial charge on any atom is 0.241 e. The maximum atomic E-state index is 12.1. The molecule has 2 atom stereocenters. The molecule has 112 valence electrons. The lowest BCUT2D eigenvalue weighted by molar-refractivity contribution is -0.123. The van der Waals surface area contributed by atoms with Crippen LogP contribution in [0.5, 0.6) is 0 Å². The number of aromatic nitrogens is 2. The fourth-order valence-corrected chi connectivity index (χ4v) is 2.10. The van der Waals surface area contributed by atoms with Crippen molar-refractivity contribution in [3.63, 3.8) is 0 Å². The van der Waals surface area contributed by atoms with Gasteiger partial charge in [0.25, 0.3) is 0 Å². The van der Waals surface area contributed by atoms with Crippen LogP contribution in [0.4, 0.5) is 0 Å². The minimum atomic E-state index is -0.788. The molecule has 21 heavy (non-hydrogen) atoms. The molecule has 1 unspecified atom stereocenters. The van der Waals surface area contributed by atoms with Crippen LogP contribution in [0, 0.1) is 0 Å². The molecule has 1 amide bonds. The fourth-order valence-electron chi connectivity index (χ4n) is 2.10. The van der Waals surface area contributed by atoms with Crippen molar-refractivity contribution in [2.45, 2.75) is 18.5 Å². The summed E-state index contributed by atoms with van der Waals surface area (Å²) in [5.74, 6) is -0.321. The van der Waals surface area contributed by atoms with Crippen LogP contribution in [0.2, 0.25) is 0 Å². The Morgan fingerprint density at radius 1 is 1.43 bits per heavy atom. The van der Waals surface area contributed by atoms with E-state index in [9.17, 15) is 9.90 Å². The summed E-state index contributed by atoms with van der Waals surface area (Å²) >= 11 is 0. The number of nitrogens with zero attached hydrogens (tertiary/aromatic N) is 2. The Hall–Kier alpha value is -2.18. The third-order valence-electron chi connectivity index (χ3n) is 3.26. The Labute approximate surface area is 123 Å². The van der Waals surface area contributed by atoms with Gasteiger partial charge in [-0.05, 0) is 12.0 Å². The van der Waals surface area contributed by atoms with Crippen LogP contribution in [0.25, 0.3) is 0 Å². The van der Waals surface area contributed by atoms with Gasteiger partial charge in [-0.2, -0.15) is 5.10 Å². The molecule has 0 fully saturated rings. The van der Waals surface area contributed by atoms with Crippen molar-refractivity contribution >= 4 is 5.91 Å². The highest BCUT2D eigenvalue weighted by Gasteiger charge is 2.20. The van der Waals surface area contributed by atoms with E-state index >= 15 is 0 Å². The number of hydrogen-bond donors (Lipinski definition) is 3. The minimum Gasteiger partial charge on any atom is -0.394 e. The third-order valence-corrected chi connectivity index (χ3v) is 3.26. The van der Waals surface area contributed by atoms with Crippen molar-refractivity contribution < 1.29 is 9.90 Å². The van der Waals surface area contributed by atoms with Gasteiger partial charge in [-0.25, -0.2) is 0 Å². The Bertz CT molecular complexity index is 582. The van der Waals surface area contributed by atoms with Gasteiger partial charge < -0.3 is 16.2 Å². The number of aliphatic hydroxyl groups is 1. The first-order valence-electron chi connectivity index (χ1n) is 6.79. The molecular formula is C15H20N4O2. The molecule has 0 spiro atoms. The number of amides is 1. The van der Waals surface area contributed by atoms with E-state index < -0.39 is 6.04 Å². The molecule has 1 aromatic carbocycles. The first-order chi connectivity index (χ1) is 10.1. The van der Waals surface area contributed by atoms with Gasteiger partial charge in [0.05, 0.1) is 18.8 Å². The largest absolute Gasteiger partial charge is 0.394 e. The summed E-state index contributed by atoms with van der Waals surface area (Å²) < 4.78 is 1.59. The Morgan fingerprint density at radius 2 is 2.14 bits per heavy atom. The van der Waals surface area contributed by atoms with Crippen molar-refractivity contribution in [2.24, 2.45) is 12.8 Å². The van der Waals surface area contributed by atoms with Crippen LogP contribution < -0.4 is 11.1 Å². The van der Waals surface area contributed by atoms with Crippen molar-refractivity contribution in [2.75, 3.05) is 6.61 Å². The molecule has 2 aromatic rings. The molecule has 0 bridgehead atoms. The molecule has 0 saturated carbocycles. The number of hydrogen-bond acceptors (Lipinski definition) is 4. The van der Waals surface area contributed by atoms with Crippen LogP contribution in [-0.4, -0.2) is 33.4 Å². The average molecular weight is 288 g/mol. The quantitative estimate of drug-likeness (QED) is 0.705.